The molecular formula is C15H22F2IN3O. The van der Waals surface area contributed by atoms with E-state index in [0.717, 1.165) is 25.9 Å². The van der Waals surface area contributed by atoms with Crippen LogP contribution >= 0.6 is 24.0 Å². The Labute approximate surface area is 146 Å². The van der Waals surface area contributed by atoms with Crippen molar-refractivity contribution in [3.63, 3.8) is 0 Å². The summed E-state index contributed by atoms with van der Waals surface area (Å²) < 4.78 is 29.2. The molecular weight excluding hydrogens is 403 g/mol. The number of guanidine groups is 1. The third-order valence-electron chi connectivity index (χ3n) is 3.71. The van der Waals surface area contributed by atoms with Crippen LogP contribution in [0.2, 0.25) is 0 Å². The van der Waals surface area contributed by atoms with Crippen LogP contribution in [0.3, 0.4) is 0 Å². The Morgan fingerprint density at radius 2 is 2.00 bits per heavy atom. The van der Waals surface area contributed by atoms with Crippen LogP contribution in [0.1, 0.15) is 25.3 Å². The Bertz CT molecular complexity index is 491. The first-order chi connectivity index (χ1) is 10.1. The lowest BCUT2D eigenvalue weighted by molar-refractivity contribution is -0.0504. The van der Waals surface area contributed by atoms with E-state index in [4.69, 9.17) is 5.73 Å². The number of hydrogen-bond donors (Lipinski definition) is 1. The van der Waals surface area contributed by atoms with Crippen LogP contribution in [-0.2, 0) is 6.54 Å². The molecule has 0 radical (unpaired) electrons. The zero-order chi connectivity index (χ0) is 15.2. The number of rotatable bonds is 4. The van der Waals surface area contributed by atoms with Crippen LogP contribution in [0.4, 0.5) is 8.78 Å². The van der Waals surface area contributed by atoms with Gasteiger partial charge in [0.05, 0.1) is 6.54 Å². The van der Waals surface area contributed by atoms with E-state index in [1.165, 1.54) is 6.07 Å². The van der Waals surface area contributed by atoms with Crippen LogP contribution in [0.15, 0.2) is 29.3 Å². The molecule has 1 heterocycles. The number of hydrogen-bond acceptors (Lipinski definition) is 2. The van der Waals surface area contributed by atoms with Crippen molar-refractivity contribution in [3.05, 3.63) is 29.8 Å². The monoisotopic (exact) mass is 425 g/mol. The number of aliphatic imine (C=N–C) groups is 1. The second-order valence-electron chi connectivity index (χ2n) is 5.33. The first kappa shape index (κ1) is 18.9. The van der Waals surface area contributed by atoms with E-state index in [1.54, 1.807) is 18.2 Å². The van der Waals surface area contributed by atoms with Crippen molar-refractivity contribution < 1.29 is 13.5 Å². The zero-order valence-corrected chi connectivity index (χ0v) is 14.9. The number of benzene rings is 1. The van der Waals surface area contributed by atoms with Gasteiger partial charge in [0, 0.05) is 18.7 Å². The third-order valence-corrected chi connectivity index (χ3v) is 3.71. The summed E-state index contributed by atoms with van der Waals surface area (Å²) in [6.07, 6.45) is 2.20. The Kier molecular flexibility index (Phi) is 7.84. The van der Waals surface area contributed by atoms with Crippen LogP contribution < -0.4 is 10.5 Å². The maximum Gasteiger partial charge on any atom is 0.387 e. The lowest BCUT2D eigenvalue weighted by Crippen LogP contribution is -2.42. The molecule has 7 heteroatoms. The van der Waals surface area contributed by atoms with Gasteiger partial charge in [0.25, 0.3) is 0 Å². The molecule has 0 aliphatic carbocycles. The molecule has 1 fully saturated rings. The summed E-state index contributed by atoms with van der Waals surface area (Å²) in [6, 6.07) is 6.64. The second-order valence-corrected chi connectivity index (χ2v) is 5.33. The summed E-state index contributed by atoms with van der Waals surface area (Å²) in [7, 11) is 0. The maximum atomic E-state index is 12.3. The Morgan fingerprint density at radius 1 is 1.36 bits per heavy atom. The molecule has 1 aliphatic heterocycles. The topological polar surface area (TPSA) is 50.8 Å². The Balaban J connectivity index is 0.00000242. The number of ether oxygens (including phenoxy) is 1. The minimum atomic E-state index is -2.84. The number of halogens is 3. The van der Waals surface area contributed by atoms with Crippen LogP contribution in [-0.4, -0.2) is 30.6 Å². The van der Waals surface area contributed by atoms with E-state index < -0.39 is 6.61 Å². The molecule has 1 aromatic rings. The van der Waals surface area contributed by atoms with Crippen molar-refractivity contribution in [1.82, 2.24) is 4.90 Å². The van der Waals surface area contributed by atoms with Gasteiger partial charge < -0.3 is 15.4 Å². The summed E-state index contributed by atoms with van der Waals surface area (Å²) in [5, 5.41) is 0. The van der Waals surface area contributed by atoms with Gasteiger partial charge in [0.15, 0.2) is 5.96 Å². The number of nitrogens with zero attached hydrogens (tertiary/aromatic N) is 2. The van der Waals surface area contributed by atoms with E-state index >= 15 is 0 Å². The van der Waals surface area contributed by atoms with Crippen molar-refractivity contribution in [2.45, 2.75) is 32.9 Å². The van der Waals surface area contributed by atoms with Crippen LogP contribution in [0.5, 0.6) is 5.75 Å². The van der Waals surface area contributed by atoms with Gasteiger partial charge in [-0.3, -0.25) is 0 Å². The lowest BCUT2D eigenvalue weighted by Gasteiger charge is -2.31. The number of alkyl halides is 2. The predicted molar refractivity (Wildman–Crippen MR) is 93.8 cm³/mol. The molecule has 124 valence electrons. The molecule has 4 nitrogen and oxygen atoms in total. The molecule has 2 N–H and O–H groups in total. The van der Waals surface area contributed by atoms with Crippen LogP contribution in [0.25, 0.3) is 0 Å². The maximum absolute atomic E-state index is 12.3. The van der Waals surface area contributed by atoms with E-state index in [-0.39, 0.29) is 36.3 Å². The first-order valence-electron chi connectivity index (χ1n) is 7.14. The first-order valence-corrected chi connectivity index (χ1v) is 7.14. The summed E-state index contributed by atoms with van der Waals surface area (Å²) in [4.78, 5) is 6.34. The number of piperidine rings is 1. The highest BCUT2D eigenvalue weighted by atomic mass is 127. The van der Waals surface area contributed by atoms with Gasteiger partial charge in [-0.15, -0.1) is 24.0 Å². The Hall–Kier alpha value is -1.12. The summed E-state index contributed by atoms with van der Waals surface area (Å²) >= 11 is 0. The van der Waals surface area contributed by atoms with Crippen molar-refractivity contribution in [3.8, 4) is 5.75 Å². The predicted octanol–water partition coefficient (Wildman–Crippen LogP) is 3.45. The van der Waals surface area contributed by atoms with Gasteiger partial charge in [0.1, 0.15) is 5.75 Å². The average molecular weight is 425 g/mol. The largest absolute Gasteiger partial charge is 0.434 e. The smallest absolute Gasteiger partial charge is 0.387 e. The molecule has 0 saturated carbocycles. The van der Waals surface area contributed by atoms with Gasteiger partial charge in [-0.2, -0.15) is 8.78 Å². The van der Waals surface area contributed by atoms with E-state index in [1.807, 2.05) is 4.90 Å². The third kappa shape index (κ3) is 5.58. The minimum absolute atomic E-state index is 0. The molecule has 0 amide bonds. The second kappa shape index (κ2) is 9.12. The minimum Gasteiger partial charge on any atom is -0.434 e. The standard InChI is InChI=1S/C15H21F2N3O.HI/c1-11-6-8-20(9-7-11)15(18)19-10-12-4-2-3-5-13(12)21-14(16)17;/h2-5,11,14H,6-10H2,1H3,(H2,18,19);1H. The fourth-order valence-corrected chi connectivity index (χ4v) is 2.35. The Morgan fingerprint density at radius 3 is 2.64 bits per heavy atom. The average Bonchev–Trinajstić information content (AvgIpc) is 2.46. The number of para-hydroxylation sites is 1. The summed E-state index contributed by atoms with van der Waals surface area (Å²) in [5.41, 5.74) is 6.58. The van der Waals surface area contributed by atoms with Gasteiger partial charge in [-0.05, 0) is 24.8 Å². The highest BCUT2D eigenvalue weighted by Crippen LogP contribution is 2.21. The van der Waals surface area contributed by atoms with Crippen LogP contribution in [0, 0.1) is 5.92 Å². The molecule has 1 saturated heterocycles. The molecule has 2 rings (SSSR count). The zero-order valence-electron chi connectivity index (χ0n) is 12.5. The van der Waals surface area contributed by atoms with Gasteiger partial charge in [-0.25, -0.2) is 4.99 Å². The van der Waals surface area contributed by atoms with Crippen molar-refractivity contribution >= 4 is 29.9 Å². The number of likely N-dealkylation sites (tertiary alicyclic amines) is 1. The lowest BCUT2D eigenvalue weighted by atomic mass is 10.00. The molecule has 0 bridgehead atoms. The molecule has 0 atom stereocenters. The van der Waals surface area contributed by atoms with Gasteiger partial charge >= 0.3 is 6.61 Å². The summed E-state index contributed by atoms with van der Waals surface area (Å²) in [6.45, 7) is 1.41. The fraction of sp³-hybridized carbons (Fsp3) is 0.533. The SMILES string of the molecule is CC1CCN(C(N)=NCc2ccccc2OC(F)F)CC1.I. The van der Waals surface area contributed by atoms with E-state index in [2.05, 4.69) is 16.7 Å². The molecule has 0 aromatic heterocycles. The molecule has 1 aliphatic rings. The van der Waals surface area contributed by atoms with Gasteiger partial charge in [-0.1, -0.05) is 25.1 Å². The van der Waals surface area contributed by atoms with Crippen molar-refractivity contribution in [2.24, 2.45) is 16.6 Å². The molecule has 0 spiro atoms. The molecule has 1 aromatic carbocycles. The summed E-state index contributed by atoms with van der Waals surface area (Å²) in [5.74, 6) is 1.33. The fourth-order valence-electron chi connectivity index (χ4n) is 2.35. The van der Waals surface area contributed by atoms with Gasteiger partial charge in [0.2, 0.25) is 0 Å². The normalized spacial score (nSPS) is 16.5. The van der Waals surface area contributed by atoms with Crippen molar-refractivity contribution in [2.75, 3.05) is 13.1 Å². The quantitative estimate of drug-likeness (QED) is 0.457. The highest BCUT2D eigenvalue weighted by Gasteiger charge is 2.17. The van der Waals surface area contributed by atoms with E-state index in [9.17, 15) is 8.78 Å². The van der Waals surface area contributed by atoms with Crippen molar-refractivity contribution in [1.29, 1.82) is 0 Å². The highest BCUT2D eigenvalue weighted by molar-refractivity contribution is 14.0. The molecule has 0 unspecified atom stereocenters. The molecule has 22 heavy (non-hydrogen) atoms. The number of nitrogens with two attached hydrogens (primary N) is 1. The van der Waals surface area contributed by atoms with E-state index in [0.29, 0.717) is 17.4 Å².